The van der Waals surface area contributed by atoms with Gasteiger partial charge in [-0.1, -0.05) is 0 Å². The normalized spacial score (nSPS) is 14.0. The molecule has 1 saturated heterocycles. The molecule has 9 nitrogen and oxygen atoms in total. The van der Waals surface area contributed by atoms with Gasteiger partial charge in [-0.15, -0.1) is 0 Å². The van der Waals surface area contributed by atoms with Gasteiger partial charge in [-0.2, -0.15) is 0 Å². The van der Waals surface area contributed by atoms with Crippen molar-refractivity contribution in [3.8, 4) is 11.5 Å². The molecule has 3 N–H and O–H groups in total. The fourth-order valence-electron chi connectivity index (χ4n) is 3.55. The molecule has 1 aliphatic heterocycles. The maximum Gasteiger partial charge on any atom is 0.251 e. The number of primary amides is 1. The number of amides is 2. The van der Waals surface area contributed by atoms with Crippen molar-refractivity contribution < 1.29 is 14.3 Å². The summed E-state index contributed by atoms with van der Waals surface area (Å²) in [6, 6.07) is 15.3. The van der Waals surface area contributed by atoms with Crippen LogP contribution in [-0.4, -0.2) is 66.0 Å². The number of rotatable bonds is 8. The SMILES string of the molecule is NC(=O)c1ccc(Oc2ccc(C(=O)NCCN3CCN(c4ncccn4)CC3)cc2)cc1. The number of ether oxygens (including phenoxy) is 1. The van der Waals surface area contributed by atoms with Crippen molar-refractivity contribution in [3.05, 3.63) is 78.1 Å². The summed E-state index contributed by atoms with van der Waals surface area (Å²) < 4.78 is 5.75. The molecule has 0 aliphatic carbocycles. The smallest absolute Gasteiger partial charge is 0.251 e. The zero-order valence-corrected chi connectivity index (χ0v) is 18.2. The van der Waals surface area contributed by atoms with Crippen molar-refractivity contribution in [1.82, 2.24) is 20.2 Å². The monoisotopic (exact) mass is 446 g/mol. The first-order valence-corrected chi connectivity index (χ1v) is 10.8. The number of carbonyl (C=O) groups is 2. The van der Waals surface area contributed by atoms with E-state index < -0.39 is 5.91 Å². The molecule has 0 spiro atoms. The van der Waals surface area contributed by atoms with Crippen molar-refractivity contribution in [2.75, 3.05) is 44.2 Å². The second-order valence-electron chi connectivity index (χ2n) is 7.65. The van der Waals surface area contributed by atoms with Gasteiger partial charge >= 0.3 is 0 Å². The van der Waals surface area contributed by atoms with E-state index in [-0.39, 0.29) is 5.91 Å². The number of hydrogen-bond donors (Lipinski definition) is 2. The topological polar surface area (TPSA) is 114 Å². The zero-order chi connectivity index (χ0) is 23.0. The fourth-order valence-corrected chi connectivity index (χ4v) is 3.55. The predicted molar refractivity (Wildman–Crippen MR) is 124 cm³/mol. The quantitative estimate of drug-likeness (QED) is 0.543. The lowest BCUT2D eigenvalue weighted by atomic mass is 10.2. The third-order valence-corrected chi connectivity index (χ3v) is 5.41. The largest absolute Gasteiger partial charge is 0.457 e. The first-order chi connectivity index (χ1) is 16.1. The molecule has 170 valence electrons. The molecule has 2 amide bonds. The van der Waals surface area contributed by atoms with Crippen LogP contribution in [0.15, 0.2) is 67.0 Å². The fraction of sp³-hybridized carbons (Fsp3) is 0.250. The van der Waals surface area contributed by atoms with Gasteiger partial charge < -0.3 is 20.7 Å². The van der Waals surface area contributed by atoms with Gasteiger partial charge in [0.1, 0.15) is 11.5 Å². The number of aromatic nitrogens is 2. The summed E-state index contributed by atoms with van der Waals surface area (Å²) in [6.07, 6.45) is 3.51. The average Bonchev–Trinajstić information content (AvgIpc) is 2.86. The first kappa shape index (κ1) is 22.2. The molecule has 1 aliphatic rings. The number of carbonyl (C=O) groups excluding carboxylic acids is 2. The van der Waals surface area contributed by atoms with E-state index in [1.165, 1.54) is 0 Å². The Bertz CT molecular complexity index is 1070. The molecule has 2 aromatic carbocycles. The molecular weight excluding hydrogens is 420 g/mol. The van der Waals surface area contributed by atoms with Crippen molar-refractivity contribution in [1.29, 1.82) is 0 Å². The predicted octanol–water partition coefficient (Wildman–Crippen LogP) is 1.92. The number of benzene rings is 2. The van der Waals surface area contributed by atoms with Gasteiger partial charge in [0, 0.05) is 62.8 Å². The van der Waals surface area contributed by atoms with Gasteiger partial charge in [-0.3, -0.25) is 14.5 Å². The Hall–Kier alpha value is -3.98. The molecule has 0 bridgehead atoms. The van der Waals surface area contributed by atoms with Gasteiger partial charge in [0.2, 0.25) is 11.9 Å². The standard InChI is InChI=1S/C24H26N6O3/c25-22(31)18-2-6-20(7-3-18)33-21-8-4-19(5-9-21)23(32)26-12-13-29-14-16-30(17-15-29)24-27-10-1-11-28-24/h1-11H,12-17H2,(H2,25,31)(H,26,32). The summed E-state index contributed by atoms with van der Waals surface area (Å²) in [6.45, 7) is 4.90. The minimum absolute atomic E-state index is 0.122. The molecule has 0 radical (unpaired) electrons. The zero-order valence-electron chi connectivity index (χ0n) is 18.2. The van der Waals surface area contributed by atoms with Crippen LogP contribution in [0, 0.1) is 0 Å². The summed E-state index contributed by atoms with van der Waals surface area (Å²) in [5.74, 6) is 1.33. The van der Waals surface area contributed by atoms with Gasteiger partial charge in [-0.25, -0.2) is 9.97 Å². The summed E-state index contributed by atoms with van der Waals surface area (Å²) in [4.78, 5) is 36.7. The van der Waals surface area contributed by atoms with Crippen LogP contribution in [-0.2, 0) is 0 Å². The van der Waals surface area contributed by atoms with E-state index in [9.17, 15) is 9.59 Å². The lowest BCUT2D eigenvalue weighted by Gasteiger charge is -2.34. The summed E-state index contributed by atoms with van der Waals surface area (Å²) in [7, 11) is 0. The molecule has 1 fully saturated rings. The number of nitrogens with zero attached hydrogens (tertiary/aromatic N) is 4. The van der Waals surface area contributed by atoms with E-state index >= 15 is 0 Å². The van der Waals surface area contributed by atoms with E-state index in [0.29, 0.717) is 29.2 Å². The molecule has 4 rings (SSSR count). The Balaban J connectivity index is 1.19. The van der Waals surface area contributed by atoms with Crippen LogP contribution in [0.3, 0.4) is 0 Å². The highest BCUT2D eigenvalue weighted by molar-refractivity contribution is 5.94. The maximum atomic E-state index is 12.5. The highest BCUT2D eigenvalue weighted by atomic mass is 16.5. The molecule has 0 saturated carbocycles. The van der Waals surface area contributed by atoms with E-state index in [0.717, 1.165) is 38.7 Å². The lowest BCUT2D eigenvalue weighted by Crippen LogP contribution is -2.49. The number of piperazine rings is 1. The molecule has 1 aromatic heterocycles. The number of nitrogens with one attached hydrogen (secondary N) is 1. The lowest BCUT2D eigenvalue weighted by molar-refractivity contribution is 0.0946. The molecular formula is C24H26N6O3. The Morgan fingerprint density at radius 3 is 2.03 bits per heavy atom. The van der Waals surface area contributed by atoms with Crippen LogP contribution in [0.1, 0.15) is 20.7 Å². The van der Waals surface area contributed by atoms with Crippen molar-refractivity contribution in [2.45, 2.75) is 0 Å². The molecule has 2 heterocycles. The summed E-state index contributed by atoms with van der Waals surface area (Å²) in [5.41, 5.74) is 6.22. The summed E-state index contributed by atoms with van der Waals surface area (Å²) >= 11 is 0. The van der Waals surface area contributed by atoms with Crippen LogP contribution in [0.5, 0.6) is 11.5 Å². The minimum atomic E-state index is -0.485. The van der Waals surface area contributed by atoms with Gasteiger partial charge in [0.25, 0.3) is 5.91 Å². The molecule has 3 aromatic rings. The Kier molecular flexibility index (Phi) is 7.11. The van der Waals surface area contributed by atoms with E-state index in [4.69, 9.17) is 10.5 Å². The second kappa shape index (κ2) is 10.6. The number of nitrogens with two attached hydrogens (primary N) is 1. The van der Waals surface area contributed by atoms with Gasteiger partial charge in [-0.05, 0) is 54.6 Å². The first-order valence-electron chi connectivity index (χ1n) is 10.8. The van der Waals surface area contributed by atoms with Crippen LogP contribution in [0.25, 0.3) is 0 Å². The molecule has 33 heavy (non-hydrogen) atoms. The van der Waals surface area contributed by atoms with Crippen molar-refractivity contribution in [2.24, 2.45) is 5.73 Å². The summed E-state index contributed by atoms with van der Waals surface area (Å²) in [5, 5.41) is 2.97. The Morgan fingerprint density at radius 1 is 0.879 bits per heavy atom. The molecule has 0 unspecified atom stereocenters. The van der Waals surface area contributed by atoms with E-state index in [2.05, 4.69) is 25.1 Å². The molecule has 0 atom stereocenters. The van der Waals surface area contributed by atoms with Crippen LogP contribution < -0.4 is 20.7 Å². The van der Waals surface area contributed by atoms with Crippen LogP contribution in [0.2, 0.25) is 0 Å². The van der Waals surface area contributed by atoms with Crippen LogP contribution >= 0.6 is 0 Å². The molecule has 9 heteroatoms. The van der Waals surface area contributed by atoms with E-state index in [1.54, 1.807) is 60.9 Å². The minimum Gasteiger partial charge on any atom is -0.457 e. The number of anilines is 1. The Morgan fingerprint density at radius 2 is 1.45 bits per heavy atom. The highest BCUT2D eigenvalue weighted by Crippen LogP contribution is 2.22. The second-order valence-corrected chi connectivity index (χ2v) is 7.65. The van der Waals surface area contributed by atoms with Crippen molar-refractivity contribution >= 4 is 17.8 Å². The van der Waals surface area contributed by atoms with E-state index in [1.807, 2.05) is 6.07 Å². The maximum absolute atomic E-state index is 12.5. The van der Waals surface area contributed by atoms with Crippen molar-refractivity contribution in [3.63, 3.8) is 0 Å². The van der Waals surface area contributed by atoms with Gasteiger partial charge in [0.15, 0.2) is 0 Å². The van der Waals surface area contributed by atoms with Crippen LogP contribution in [0.4, 0.5) is 5.95 Å². The third-order valence-electron chi connectivity index (χ3n) is 5.41. The number of hydrogen-bond acceptors (Lipinski definition) is 7. The average molecular weight is 447 g/mol. The Labute approximate surface area is 192 Å². The highest BCUT2D eigenvalue weighted by Gasteiger charge is 2.18. The van der Waals surface area contributed by atoms with Gasteiger partial charge in [0.05, 0.1) is 0 Å². The third kappa shape index (κ3) is 6.05.